The van der Waals surface area contributed by atoms with Crippen molar-refractivity contribution in [2.45, 2.75) is 84.2 Å². The minimum atomic E-state index is -1.28. The zero-order valence-electron chi connectivity index (χ0n) is 33.5. The van der Waals surface area contributed by atoms with Gasteiger partial charge in [-0.1, -0.05) is 13.8 Å². The summed E-state index contributed by atoms with van der Waals surface area (Å²) in [6, 6.07) is 0. The van der Waals surface area contributed by atoms with Gasteiger partial charge in [0, 0.05) is 25.9 Å². The summed E-state index contributed by atoms with van der Waals surface area (Å²) in [5.74, 6) is -16.4. The monoisotopic (exact) mass is 828 g/mol. The Kier molecular flexibility index (Phi) is 10.8. The number of carboxylic acid groups (broad SMARTS) is 2. The van der Waals surface area contributed by atoms with Crippen LogP contribution in [0.3, 0.4) is 0 Å². The number of cyclic esters (lactones) is 2. The van der Waals surface area contributed by atoms with Crippen LogP contribution in [0.1, 0.15) is 71.6 Å². The molecule has 6 saturated carbocycles. The number of aliphatic hydroxyl groups is 1. The first-order chi connectivity index (χ1) is 28.3. The van der Waals surface area contributed by atoms with Crippen LogP contribution in [0.4, 0.5) is 0 Å². The maximum absolute atomic E-state index is 14.4. The van der Waals surface area contributed by atoms with E-state index >= 15 is 0 Å². The molecule has 21 atom stereocenters. The van der Waals surface area contributed by atoms with Crippen molar-refractivity contribution in [2.24, 2.45) is 112 Å². The van der Waals surface area contributed by atoms with E-state index in [1.54, 1.807) is 6.92 Å². The first kappa shape index (κ1) is 40.8. The van der Waals surface area contributed by atoms with Crippen molar-refractivity contribution in [3.8, 4) is 0 Å². The highest BCUT2D eigenvalue weighted by Crippen LogP contribution is 2.74. The van der Waals surface area contributed by atoms with Gasteiger partial charge in [-0.05, 0) is 110 Å². The van der Waals surface area contributed by atoms with Gasteiger partial charge in [0.25, 0.3) is 0 Å². The highest BCUT2D eigenvalue weighted by molar-refractivity contribution is 5.96. The molecule has 16 heteroatoms. The molecule has 6 aliphatic carbocycles. The van der Waals surface area contributed by atoms with E-state index in [1.807, 2.05) is 0 Å². The van der Waals surface area contributed by atoms with Crippen LogP contribution in [0.25, 0.3) is 0 Å². The number of aliphatic carboxylic acids is 2. The van der Waals surface area contributed by atoms with Crippen molar-refractivity contribution >= 4 is 41.8 Å². The number of hydrogen-bond acceptors (Lipinski definition) is 14. The number of ether oxygens (including phenoxy) is 6. The number of carbonyl (C=O) groups excluding carboxylic acids is 5. The number of hydrogen-bond donors (Lipinski definition) is 3. The molecule has 16 nitrogen and oxygen atoms in total. The fraction of sp³-hybridized carbons (Fsp3) is 0.837. The molecule has 21 unspecified atom stereocenters. The van der Waals surface area contributed by atoms with E-state index in [0.29, 0.717) is 45.3 Å². The van der Waals surface area contributed by atoms with E-state index in [0.717, 1.165) is 12.8 Å². The fourth-order valence-corrected chi connectivity index (χ4v) is 15.2. The third-order valence-electron chi connectivity index (χ3n) is 17.0. The molecule has 0 amide bonds. The summed E-state index contributed by atoms with van der Waals surface area (Å²) in [6.45, 7) is 4.51. The predicted octanol–water partition coefficient (Wildman–Crippen LogP) is 2.91. The highest BCUT2D eigenvalue weighted by atomic mass is 16.7. The lowest BCUT2D eigenvalue weighted by molar-refractivity contribution is -0.194. The number of esters is 5. The summed E-state index contributed by atoms with van der Waals surface area (Å²) >= 11 is 0. The van der Waals surface area contributed by atoms with Gasteiger partial charge in [-0.25, -0.2) is 0 Å². The number of aliphatic hydroxyl groups excluding tert-OH is 1. The summed E-state index contributed by atoms with van der Waals surface area (Å²) < 4.78 is 34.1. The van der Waals surface area contributed by atoms with Gasteiger partial charge in [0.15, 0.2) is 0 Å². The van der Waals surface area contributed by atoms with Crippen LogP contribution in [0.15, 0.2) is 0 Å². The van der Waals surface area contributed by atoms with Crippen molar-refractivity contribution < 1.29 is 77.3 Å². The van der Waals surface area contributed by atoms with Crippen molar-refractivity contribution in [3.63, 3.8) is 0 Å². The van der Waals surface area contributed by atoms with Crippen LogP contribution in [-0.4, -0.2) is 96.1 Å². The van der Waals surface area contributed by atoms with Crippen LogP contribution in [-0.2, 0) is 62.0 Å². The van der Waals surface area contributed by atoms with Crippen molar-refractivity contribution in [1.82, 2.24) is 0 Å². The molecular weight excluding hydrogens is 772 g/mol. The van der Waals surface area contributed by atoms with Gasteiger partial charge >= 0.3 is 41.8 Å². The van der Waals surface area contributed by atoms with E-state index in [1.165, 1.54) is 0 Å². The smallest absolute Gasteiger partial charge is 0.317 e. The summed E-state index contributed by atoms with van der Waals surface area (Å²) in [5.41, 5.74) is 0. The topological polar surface area (TPSA) is 236 Å². The Morgan fingerprint density at radius 2 is 1.20 bits per heavy atom. The molecule has 0 radical (unpaired) electrons. The maximum atomic E-state index is 14.4. The Bertz CT molecular complexity index is 1730. The first-order valence-corrected chi connectivity index (χ1v) is 21.9. The molecule has 59 heavy (non-hydrogen) atoms. The van der Waals surface area contributed by atoms with Gasteiger partial charge in [-0.15, -0.1) is 0 Å². The summed E-state index contributed by atoms with van der Waals surface area (Å²) in [4.78, 5) is 95.0. The normalized spacial score (nSPS) is 47.8. The third kappa shape index (κ3) is 6.51. The van der Waals surface area contributed by atoms with Crippen LogP contribution >= 0.6 is 0 Å². The Labute approximate surface area is 341 Å². The molecule has 3 aliphatic heterocycles. The quantitative estimate of drug-likeness (QED) is 0.105. The van der Waals surface area contributed by atoms with Crippen LogP contribution in [0.5, 0.6) is 0 Å². The fourth-order valence-electron chi connectivity index (χ4n) is 15.2. The summed E-state index contributed by atoms with van der Waals surface area (Å²) in [7, 11) is 0. The lowest BCUT2D eigenvalue weighted by Crippen LogP contribution is -2.54. The van der Waals surface area contributed by atoms with E-state index < -0.39 is 125 Å². The molecule has 0 aromatic carbocycles. The number of fused-ring (bicyclic) bond motifs is 6. The maximum Gasteiger partial charge on any atom is 0.317 e. The second-order valence-electron chi connectivity index (χ2n) is 19.2. The van der Waals surface area contributed by atoms with E-state index in [2.05, 4.69) is 6.92 Å². The summed E-state index contributed by atoms with van der Waals surface area (Å²) in [5, 5.41) is 30.6. The molecule has 9 fully saturated rings. The van der Waals surface area contributed by atoms with Crippen LogP contribution < -0.4 is 0 Å². The minimum absolute atomic E-state index is 0.0320. The van der Waals surface area contributed by atoms with Crippen molar-refractivity contribution in [3.05, 3.63) is 0 Å². The molecule has 0 spiro atoms. The molecule has 3 N–H and O–H groups in total. The Hall–Kier alpha value is -3.63. The predicted molar refractivity (Wildman–Crippen MR) is 195 cm³/mol. The molecule has 3 heterocycles. The van der Waals surface area contributed by atoms with E-state index in [9.17, 15) is 48.9 Å². The van der Waals surface area contributed by atoms with Gasteiger partial charge in [0.05, 0.1) is 61.2 Å². The van der Waals surface area contributed by atoms with Gasteiger partial charge in [0.2, 0.25) is 12.6 Å². The summed E-state index contributed by atoms with van der Waals surface area (Å²) in [6.07, 6.45) is 3.34. The number of carboxylic acids is 2. The minimum Gasteiger partial charge on any atom is -0.481 e. The lowest BCUT2D eigenvalue weighted by Gasteiger charge is -2.52. The van der Waals surface area contributed by atoms with Crippen molar-refractivity contribution in [1.29, 1.82) is 0 Å². The van der Waals surface area contributed by atoms with Gasteiger partial charge in [-0.2, -0.15) is 0 Å². The average Bonchev–Trinajstić information content (AvgIpc) is 4.04. The molecule has 6 bridgehead atoms. The van der Waals surface area contributed by atoms with Crippen molar-refractivity contribution in [2.75, 3.05) is 26.4 Å². The molecule has 0 aromatic heterocycles. The van der Waals surface area contributed by atoms with Gasteiger partial charge < -0.3 is 43.7 Å². The second-order valence-corrected chi connectivity index (χ2v) is 19.2. The largest absolute Gasteiger partial charge is 0.481 e. The molecule has 9 aliphatic rings. The lowest BCUT2D eigenvalue weighted by atomic mass is 9.51. The van der Waals surface area contributed by atoms with Crippen LogP contribution in [0, 0.1) is 112 Å². The molecule has 3 saturated heterocycles. The Balaban J connectivity index is 1.12. The van der Waals surface area contributed by atoms with Gasteiger partial charge in [0.1, 0.15) is 0 Å². The standard InChI is InChI=1S/C43H56O16/c1-16-19-14-22(36(43(53)58-26-7-4-10-55-26)35(19)42(52)57-25-6-3-9-54-25)27(16)29-18-12-20(21(13-18)40(50)56-11-5-8-44)30(29)32-24-15-23(33(37(45)46)34(24)38(47)48)31(32)28-17(2)39(49)59-41(28)51/h16-36,44H,3-15H2,1-2H3,(H,45,46)(H,47,48). The Morgan fingerprint density at radius 3 is 1.75 bits per heavy atom. The molecule has 9 rings (SSSR count). The number of carbonyl (C=O) groups is 7. The molecular formula is C43H56O16. The average molecular weight is 829 g/mol. The Morgan fingerprint density at radius 1 is 0.644 bits per heavy atom. The van der Waals surface area contributed by atoms with E-state index in [4.69, 9.17) is 28.4 Å². The number of rotatable bonds is 13. The second kappa shape index (κ2) is 15.7. The van der Waals surface area contributed by atoms with Crippen LogP contribution in [0.2, 0.25) is 0 Å². The molecule has 324 valence electrons. The first-order valence-electron chi connectivity index (χ1n) is 21.9. The zero-order valence-corrected chi connectivity index (χ0v) is 33.5. The van der Waals surface area contributed by atoms with Gasteiger partial charge in [-0.3, -0.25) is 33.6 Å². The molecule has 0 aromatic rings. The van der Waals surface area contributed by atoms with E-state index in [-0.39, 0.29) is 67.5 Å². The third-order valence-corrected chi connectivity index (χ3v) is 17.0. The highest BCUT2D eigenvalue weighted by Gasteiger charge is 2.74. The zero-order chi connectivity index (χ0) is 41.6. The SMILES string of the molecule is CC1C(=O)OC(=O)C1C1C2CC(C(C(=O)O)C2C(=O)O)C1C1C2CC(CC2C(=O)OCCCO)C1C1C(C)C2CC1C(C(=O)OC1CCCO1)C2C(=O)OC1CCCO1.